The van der Waals surface area contributed by atoms with Gasteiger partial charge in [-0.2, -0.15) is 13.2 Å². The summed E-state index contributed by atoms with van der Waals surface area (Å²) in [5, 5.41) is 21.7. The van der Waals surface area contributed by atoms with Crippen molar-refractivity contribution in [2.75, 3.05) is 6.54 Å². The van der Waals surface area contributed by atoms with Crippen LogP contribution >= 0.6 is 0 Å². The maximum atomic E-state index is 13.7. The Labute approximate surface area is 158 Å². The summed E-state index contributed by atoms with van der Waals surface area (Å²) in [7, 11) is 0. The molecule has 0 spiro atoms. The first kappa shape index (κ1) is 25.3. The molecule has 3 unspecified atom stereocenters. The smallest absolute Gasteiger partial charge is 0.404 e. The quantitative estimate of drug-likeness (QED) is 0.301. The molecule has 27 heavy (non-hydrogen) atoms. The molecule has 2 amide bonds. The third-order valence-electron chi connectivity index (χ3n) is 4.81. The maximum Gasteiger partial charge on any atom is 0.404 e. The van der Waals surface area contributed by atoms with Crippen molar-refractivity contribution in [3.63, 3.8) is 0 Å². The normalized spacial score (nSPS) is 15.0. The van der Waals surface area contributed by atoms with Crippen LogP contribution in [0.3, 0.4) is 0 Å². The molecule has 3 atom stereocenters. The SMILES string of the molecule is CCCCC(CC)CC(C(CCCCCNC(=O)O)NC(=O)O)C(F)(F)F. The first-order valence-corrected chi connectivity index (χ1v) is 9.64. The van der Waals surface area contributed by atoms with Crippen LogP contribution in [0.15, 0.2) is 0 Å². The lowest BCUT2D eigenvalue weighted by atomic mass is 9.82. The molecule has 0 aromatic rings. The minimum absolute atomic E-state index is 0.0771. The Morgan fingerprint density at radius 3 is 2.11 bits per heavy atom. The van der Waals surface area contributed by atoms with E-state index in [1.54, 1.807) is 0 Å². The van der Waals surface area contributed by atoms with Crippen LogP contribution in [0.2, 0.25) is 0 Å². The topological polar surface area (TPSA) is 98.7 Å². The Morgan fingerprint density at radius 2 is 1.63 bits per heavy atom. The van der Waals surface area contributed by atoms with E-state index in [2.05, 4.69) is 10.6 Å². The molecule has 0 fully saturated rings. The zero-order valence-corrected chi connectivity index (χ0v) is 16.1. The fourth-order valence-electron chi connectivity index (χ4n) is 3.26. The molecule has 9 heteroatoms. The number of alkyl halides is 3. The number of nitrogens with one attached hydrogen (secondary N) is 2. The molecule has 0 aromatic carbocycles. The molecular weight excluding hydrogens is 365 g/mol. The highest BCUT2D eigenvalue weighted by molar-refractivity contribution is 5.65. The lowest BCUT2D eigenvalue weighted by molar-refractivity contribution is -0.187. The van der Waals surface area contributed by atoms with Gasteiger partial charge in [-0.3, -0.25) is 0 Å². The molecule has 0 heterocycles. The molecule has 0 bridgehead atoms. The molecule has 0 aliphatic carbocycles. The van der Waals surface area contributed by atoms with Gasteiger partial charge in [0.05, 0.1) is 5.92 Å². The average Bonchev–Trinajstić information content (AvgIpc) is 2.55. The molecule has 0 saturated carbocycles. The molecule has 0 saturated heterocycles. The Bertz CT molecular complexity index is 433. The summed E-state index contributed by atoms with van der Waals surface area (Å²) in [6.45, 7) is 4.08. The van der Waals surface area contributed by atoms with Gasteiger partial charge >= 0.3 is 18.4 Å². The van der Waals surface area contributed by atoms with Crippen LogP contribution in [0.4, 0.5) is 22.8 Å². The molecule has 4 N–H and O–H groups in total. The summed E-state index contributed by atoms with van der Waals surface area (Å²) < 4.78 is 41.0. The number of hydrogen-bond acceptors (Lipinski definition) is 2. The highest BCUT2D eigenvalue weighted by atomic mass is 19.4. The standard InChI is InChI=1S/C18H33F3N2O4/c1-3-5-9-13(4-2)12-14(18(19,20)21)15(23-17(26)27)10-7-6-8-11-22-16(24)25/h13-15,22-23H,3-12H2,1-2H3,(H,24,25)(H,26,27). The predicted octanol–water partition coefficient (Wildman–Crippen LogP) is 5.24. The number of hydrogen-bond donors (Lipinski definition) is 4. The van der Waals surface area contributed by atoms with E-state index >= 15 is 0 Å². The summed E-state index contributed by atoms with van der Waals surface area (Å²) in [6, 6.07) is -1.19. The van der Waals surface area contributed by atoms with E-state index in [1.807, 2.05) is 13.8 Å². The first-order valence-electron chi connectivity index (χ1n) is 9.64. The highest BCUT2D eigenvalue weighted by Gasteiger charge is 2.45. The van der Waals surface area contributed by atoms with Gasteiger partial charge in [-0.25, -0.2) is 9.59 Å². The van der Waals surface area contributed by atoms with E-state index in [-0.39, 0.29) is 25.3 Å². The van der Waals surface area contributed by atoms with Gasteiger partial charge in [-0.1, -0.05) is 52.4 Å². The highest BCUT2D eigenvalue weighted by Crippen LogP contribution is 2.37. The van der Waals surface area contributed by atoms with Crippen molar-refractivity contribution >= 4 is 12.2 Å². The van der Waals surface area contributed by atoms with E-state index in [9.17, 15) is 22.8 Å². The van der Waals surface area contributed by atoms with Crippen LogP contribution in [-0.4, -0.2) is 41.2 Å². The van der Waals surface area contributed by atoms with Crippen molar-refractivity contribution < 1.29 is 33.0 Å². The number of carboxylic acid groups (broad SMARTS) is 2. The second-order valence-corrected chi connectivity index (χ2v) is 6.94. The van der Waals surface area contributed by atoms with E-state index in [4.69, 9.17) is 10.2 Å². The Balaban J connectivity index is 4.89. The summed E-state index contributed by atoms with van der Waals surface area (Å²) in [5.74, 6) is -1.80. The van der Waals surface area contributed by atoms with Crippen LogP contribution < -0.4 is 10.6 Å². The van der Waals surface area contributed by atoms with E-state index < -0.39 is 30.3 Å². The fraction of sp³-hybridized carbons (Fsp3) is 0.889. The van der Waals surface area contributed by atoms with Gasteiger partial charge in [-0.15, -0.1) is 0 Å². The number of amides is 2. The monoisotopic (exact) mass is 398 g/mol. The fourth-order valence-corrected chi connectivity index (χ4v) is 3.26. The third-order valence-corrected chi connectivity index (χ3v) is 4.81. The molecular formula is C18H33F3N2O4. The molecule has 0 aromatic heterocycles. The largest absolute Gasteiger partial charge is 0.465 e. The van der Waals surface area contributed by atoms with E-state index in [0.29, 0.717) is 32.1 Å². The second kappa shape index (κ2) is 13.5. The predicted molar refractivity (Wildman–Crippen MR) is 96.9 cm³/mol. The second-order valence-electron chi connectivity index (χ2n) is 6.94. The van der Waals surface area contributed by atoms with Crippen molar-refractivity contribution in [3.8, 4) is 0 Å². The van der Waals surface area contributed by atoms with Gasteiger partial charge in [0.1, 0.15) is 0 Å². The number of halogens is 3. The zero-order valence-electron chi connectivity index (χ0n) is 16.1. The molecule has 160 valence electrons. The van der Waals surface area contributed by atoms with Gasteiger partial charge in [0, 0.05) is 12.6 Å². The van der Waals surface area contributed by atoms with Gasteiger partial charge in [0.2, 0.25) is 0 Å². The maximum absolute atomic E-state index is 13.7. The Hall–Kier alpha value is -1.67. The van der Waals surface area contributed by atoms with Crippen molar-refractivity contribution in [3.05, 3.63) is 0 Å². The molecule has 0 radical (unpaired) electrons. The Kier molecular flexibility index (Phi) is 12.7. The van der Waals surface area contributed by atoms with Crippen molar-refractivity contribution in [1.82, 2.24) is 10.6 Å². The van der Waals surface area contributed by atoms with Crippen molar-refractivity contribution in [1.29, 1.82) is 0 Å². The van der Waals surface area contributed by atoms with Crippen LogP contribution in [0.5, 0.6) is 0 Å². The zero-order chi connectivity index (χ0) is 20.9. The summed E-state index contributed by atoms with van der Waals surface area (Å²) in [6.07, 6.45) is -2.55. The van der Waals surface area contributed by atoms with Crippen LogP contribution in [0, 0.1) is 11.8 Å². The molecule has 0 aliphatic rings. The van der Waals surface area contributed by atoms with Crippen LogP contribution in [0.1, 0.15) is 71.6 Å². The lowest BCUT2D eigenvalue weighted by Gasteiger charge is -2.32. The summed E-state index contributed by atoms with van der Waals surface area (Å²) >= 11 is 0. The lowest BCUT2D eigenvalue weighted by Crippen LogP contribution is -2.46. The number of rotatable bonds is 14. The van der Waals surface area contributed by atoms with Crippen molar-refractivity contribution in [2.24, 2.45) is 11.8 Å². The molecule has 6 nitrogen and oxygen atoms in total. The van der Waals surface area contributed by atoms with E-state index in [1.165, 1.54) is 0 Å². The van der Waals surface area contributed by atoms with Crippen molar-refractivity contribution in [2.45, 2.75) is 83.9 Å². The molecule has 0 aliphatic heterocycles. The number of unbranched alkanes of at least 4 members (excludes halogenated alkanes) is 3. The van der Waals surface area contributed by atoms with Gasteiger partial charge in [-0.05, 0) is 25.2 Å². The Morgan fingerprint density at radius 1 is 0.963 bits per heavy atom. The minimum Gasteiger partial charge on any atom is -0.465 e. The summed E-state index contributed by atoms with van der Waals surface area (Å²) in [5.41, 5.74) is 0. The first-order chi connectivity index (χ1) is 12.6. The number of carbonyl (C=O) groups is 2. The van der Waals surface area contributed by atoms with E-state index in [0.717, 1.165) is 12.8 Å². The van der Waals surface area contributed by atoms with Crippen LogP contribution in [0.25, 0.3) is 0 Å². The van der Waals surface area contributed by atoms with Gasteiger partial charge in [0.25, 0.3) is 0 Å². The van der Waals surface area contributed by atoms with Crippen LogP contribution in [-0.2, 0) is 0 Å². The third kappa shape index (κ3) is 12.4. The van der Waals surface area contributed by atoms with Gasteiger partial charge in [0.15, 0.2) is 0 Å². The average molecular weight is 398 g/mol. The molecule has 0 rings (SSSR count). The minimum atomic E-state index is -4.47. The van der Waals surface area contributed by atoms with Gasteiger partial charge < -0.3 is 20.8 Å². The summed E-state index contributed by atoms with van der Waals surface area (Å²) in [4.78, 5) is 21.4.